The van der Waals surface area contributed by atoms with Gasteiger partial charge in [-0.05, 0) is 37.8 Å². The maximum absolute atomic E-state index is 9.21. The largest absolute Gasteiger partial charge is 0.396 e. The Hall–Kier alpha value is -1.72. The van der Waals surface area contributed by atoms with E-state index >= 15 is 0 Å². The van der Waals surface area contributed by atoms with Crippen LogP contribution in [-0.2, 0) is 19.4 Å². The zero-order valence-electron chi connectivity index (χ0n) is 13.5. The monoisotopic (exact) mass is 315 g/mol. The van der Waals surface area contributed by atoms with Gasteiger partial charge in [0.05, 0.1) is 6.54 Å². The summed E-state index contributed by atoms with van der Waals surface area (Å²) in [7, 11) is 0. The molecule has 5 nitrogen and oxygen atoms in total. The van der Waals surface area contributed by atoms with E-state index in [9.17, 15) is 5.11 Å². The quantitative estimate of drug-likeness (QED) is 0.851. The lowest BCUT2D eigenvalue weighted by atomic mass is 10.00. The highest BCUT2D eigenvalue weighted by Gasteiger charge is 2.23. The van der Waals surface area contributed by atoms with Crippen molar-refractivity contribution in [3.8, 4) is 0 Å². The molecule has 0 radical (unpaired) electrons. The van der Waals surface area contributed by atoms with Crippen molar-refractivity contribution >= 4 is 0 Å². The van der Waals surface area contributed by atoms with Gasteiger partial charge in [-0.25, -0.2) is 0 Å². The first-order valence-electron chi connectivity index (χ1n) is 8.55. The predicted octanol–water partition coefficient (Wildman–Crippen LogP) is 2.59. The third kappa shape index (κ3) is 4.62. The van der Waals surface area contributed by atoms with Gasteiger partial charge in [-0.2, -0.15) is 4.98 Å². The fourth-order valence-electron chi connectivity index (χ4n) is 3.27. The topological polar surface area (TPSA) is 62.4 Å². The average molecular weight is 315 g/mol. The number of aliphatic hydroxyl groups excluding tert-OH is 1. The van der Waals surface area contributed by atoms with Gasteiger partial charge in [-0.3, -0.25) is 4.90 Å². The average Bonchev–Trinajstić information content (AvgIpc) is 3.03. The molecule has 1 atom stereocenters. The van der Waals surface area contributed by atoms with Crippen LogP contribution in [0.15, 0.2) is 34.9 Å². The molecule has 124 valence electrons. The minimum Gasteiger partial charge on any atom is -0.396 e. The van der Waals surface area contributed by atoms with E-state index in [1.54, 1.807) is 0 Å². The highest BCUT2D eigenvalue weighted by molar-refractivity contribution is 5.15. The van der Waals surface area contributed by atoms with Crippen LogP contribution < -0.4 is 0 Å². The molecule has 2 heterocycles. The van der Waals surface area contributed by atoms with Gasteiger partial charge in [0, 0.05) is 19.1 Å². The minimum absolute atomic E-state index is 0.243. The van der Waals surface area contributed by atoms with Gasteiger partial charge in [0.25, 0.3) is 0 Å². The van der Waals surface area contributed by atoms with E-state index in [4.69, 9.17) is 4.52 Å². The Bertz CT molecular complexity index is 583. The molecule has 0 saturated carbocycles. The number of rotatable bonds is 7. The standard InChI is InChI=1S/C18H25N3O2/c22-13-11-16-8-4-5-12-21(16)14-18-19-17(20-23-18)10-9-15-6-2-1-3-7-15/h1-3,6-7,16,22H,4-5,8-14H2. The Labute approximate surface area is 137 Å². The zero-order valence-corrected chi connectivity index (χ0v) is 13.5. The first kappa shape index (κ1) is 16.1. The van der Waals surface area contributed by atoms with Crippen molar-refractivity contribution in [2.45, 2.75) is 51.1 Å². The summed E-state index contributed by atoms with van der Waals surface area (Å²) in [5, 5.41) is 13.3. The number of aryl methyl sites for hydroxylation is 2. The summed E-state index contributed by atoms with van der Waals surface area (Å²) in [6, 6.07) is 10.8. The molecule has 1 unspecified atom stereocenters. The van der Waals surface area contributed by atoms with Crippen molar-refractivity contribution in [1.82, 2.24) is 15.0 Å². The summed E-state index contributed by atoms with van der Waals surface area (Å²) in [6.07, 6.45) is 6.15. The second-order valence-electron chi connectivity index (χ2n) is 6.22. The van der Waals surface area contributed by atoms with Gasteiger partial charge in [0.15, 0.2) is 5.82 Å². The second-order valence-corrected chi connectivity index (χ2v) is 6.22. The molecule has 0 spiro atoms. The van der Waals surface area contributed by atoms with Crippen LogP contribution in [0.1, 0.15) is 43.0 Å². The van der Waals surface area contributed by atoms with Gasteiger partial charge < -0.3 is 9.63 Å². The molecule has 0 amide bonds. The summed E-state index contributed by atoms with van der Waals surface area (Å²) < 4.78 is 5.42. The SMILES string of the molecule is OCCC1CCCCN1Cc1nc(CCc2ccccc2)no1. The molecule has 0 aliphatic carbocycles. The number of benzene rings is 1. The molecule has 5 heteroatoms. The van der Waals surface area contributed by atoms with Crippen LogP contribution in [0, 0.1) is 0 Å². The Balaban J connectivity index is 1.54. The van der Waals surface area contributed by atoms with Gasteiger partial charge in [0.2, 0.25) is 5.89 Å². The summed E-state index contributed by atoms with van der Waals surface area (Å²) in [4.78, 5) is 6.90. The second kappa shape index (κ2) is 8.22. The third-order valence-corrected chi connectivity index (χ3v) is 4.54. The lowest BCUT2D eigenvalue weighted by Crippen LogP contribution is -2.39. The van der Waals surface area contributed by atoms with Gasteiger partial charge in [0.1, 0.15) is 0 Å². The maximum atomic E-state index is 9.21. The van der Waals surface area contributed by atoms with Crippen molar-refractivity contribution in [1.29, 1.82) is 0 Å². The number of aliphatic hydroxyl groups is 1. The van der Waals surface area contributed by atoms with Crippen molar-refractivity contribution in [2.24, 2.45) is 0 Å². The van der Waals surface area contributed by atoms with Crippen LogP contribution in [0.5, 0.6) is 0 Å². The molecule has 1 aliphatic rings. The Kier molecular flexibility index (Phi) is 5.77. The van der Waals surface area contributed by atoms with Gasteiger partial charge in [-0.15, -0.1) is 0 Å². The molecule has 1 aromatic carbocycles. The van der Waals surface area contributed by atoms with Crippen LogP contribution in [-0.4, -0.2) is 39.3 Å². The smallest absolute Gasteiger partial charge is 0.240 e. The Morgan fingerprint density at radius 1 is 1.17 bits per heavy atom. The first-order valence-corrected chi connectivity index (χ1v) is 8.55. The fraction of sp³-hybridized carbons (Fsp3) is 0.556. The van der Waals surface area contributed by atoms with Crippen molar-refractivity contribution in [2.75, 3.05) is 13.2 Å². The summed E-state index contributed by atoms with van der Waals surface area (Å²) in [5.74, 6) is 1.47. The number of hydrogen-bond acceptors (Lipinski definition) is 5. The minimum atomic E-state index is 0.243. The lowest BCUT2D eigenvalue weighted by molar-refractivity contribution is 0.100. The van der Waals surface area contributed by atoms with E-state index in [1.165, 1.54) is 18.4 Å². The van der Waals surface area contributed by atoms with Crippen LogP contribution in [0.3, 0.4) is 0 Å². The van der Waals surface area contributed by atoms with E-state index in [1.807, 2.05) is 6.07 Å². The first-order chi connectivity index (χ1) is 11.3. The summed E-state index contributed by atoms with van der Waals surface area (Å²) in [5.41, 5.74) is 1.29. The Morgan fingerprint density at radius 3 is 2.87 bits per heavy atom. The van der Waals surface area contributed by atoms with E-state index in [2.05, 4.69) is 39.3 Å². The molecular weight excluding hydrogens is 290 g/mol. The number of aromatic nitrogens is 2. The van der Waals surface area contributed by atoms with Crippen LogP contribution in [0.2, 0.25) is 0 Å². The van der Waals surface area contributed by atoms with Crippen molar-refractivity contribution in [3.05, 3.63) is 47.6 Å². The van der Waals surface area contributed by atoms with Crippen molar-refractivity contribution < 1.29 is 9.63 Å². The highest BCUT2D eigenvalue weighted by atomic mass is 16.5. The molecule has 1 saturated heterocycles. The van der Waals surface area contributed by atoms with Crippen LogP contribution in [0.25, 0.3) is 0 Å². The van der Waals surface area contributed by atoms with Crippen molar-refractivity contribution in [3.63, 3.8) is 0 Å². The molecule has 1 fully saturated rings. The van der Waals surface area contributed by atoms with Crippen LogP contribution >= 0.6 is 0 Å². The maximum Gasteiger partial charge on any atom is 0.240 e. The molecule has 0 bridgehead atoms. The number of piperidine rings is 1. The normalized spacial score (nSPS) is 19.1. The molecule has 1 N–H and O–H groups in total. The lowest BCUT2D eigenvalue weighted by Gasteiger charge is -2.34. The molecular formula is C18H25N3O2. The van der Waals surface area contributed by atoms with E-state index in [0.29, 0.717) is 18.5 Å². The zero-order chi connectivity index (χ0) is 15.9. The summed E-state index contributed by atoms with van der Waals surface area (Å²) >= 11 is 0. The fourth-order valence-corrected chi connectivity index (χ4v) is 3.27. The number of hydrogen-bond donors (Lipinski definition) is 1. The van der Waals surface area contributed by atoms with Gasteiger partial charge >= 0.3 is 0 Å². The van der Waals surface area contributed by atoms with E-state index in [-0.39, 0.29) is 6.61 Å². The van der Waals surface area contributed by atoms with E-state index < -0.39 is 0 Å². The predicted molar refractivity (Wildman–Crippen MR) is 87.9 cm³/mol. The molecule has 1 aliphatic heterocycles. The summed E-state index contributed by atoms with van der Waals surface area (Å²) in [6.45, 7) is 1.99. The third-order valence-electron chi connectivity index (χ3n) is 4.54. The number of likely N-dealkylation sites (tertiary alicyclic amines) is 1. The highest BCUT2D eigenvalue weighted by Crippen LogP contribution is 2.21. The molecule has 1 aromatic heterocycles. The number of nitrogens with zero attached hydrogens (tertiary/aromatic N) is 3. The molecule has 23 heavy (non-hydrogen) atoms. The van der Waals surface area contributed by atoms with Gasteiger partial charge in [-0.1, -0.05) is 41.9 Å². The molecule has 2 aromatic rings. The molecule has 3 rings (SSSR count). The van der Waals surface area contributed by atoms with Crippen LogP contribution in [0.4, 0.5) is 0 Å². The van der Waals surface area contributed by atoms with E-state index in [0.717, 1.165) is 38.1 Å². The Morgan fingerprint density at radius 2 is 2.04 bits per heavy atom.